The predicted molar refractivity (Wildman–Crippen MR) is 89.1 cm³/mol. The lowest BCUT2D eigenvalue weighted by Crippen LogP contribution is -2.14. The van der Waals surface area contributed by atoms with Crippen molar-refractivity contribution in [1.82, 2.24) is 4.57 Å². The molecular formula is C15H11Cl2NO4S. The van der Waals surface area contributed by atoms with Gasteiger partial charge in [-0.15, -0.1) is 0 Å². The first-order valence-corrected chi connectivity index (χ1v) is 9.18. The number of benzene rings is 2. The van der Waals surface area contributed by atoms with E-state index < -0.39 is 15.6 Å². The standard InChI is InChI=1S/C15H11Cl2NO4S/c1-23(20,21)10-3-5-13-14(7-10)22-15(19)18(13)8-9-2-4-11(16)12(17)6-9/h2-7H,8H2,1H3. The summed E-state index contributed by atoms with van der Waals surface area (Å²) < 4.78 is 29.7. The molecule has 0 amide bonds. The first-order chi connectivity index (χ1) is 10.8. The van der Waals surface area contributed by atoms with E-state index in [1.165, 1.54) is 16.7 Å². The monoisotopic (exact) mass is 371 g/mol. The zero-order valence-corrected chi connectivity index (χ0v) is 14.2. The molecule has 0 atom stereocenters. The van der Waals surface area contributed by atoms with Gasteiger partial charge in [0, 0.05) is 12.3 Å². The number of fused-ring (bicyclic) bond motifs is 1. The van der Waals surface area contributed by atoms with Crippen LogP contribution in [0.25, 0.3) is 11.1 Å². The van der Waals surface area contributed by atoms with Gasteiger partial charge >= 0.3 is 5.76 Å². The van der Waals surface area contributed by atoms with Gasteiger partial charge in [-0.1, -0.05) is 29.3 Å². The molecule has 0 aliphatic carbocycles. The minimum Gasteiger partial charge on any atom is -0.408 e. The second kappa shape index (κ2) is 5.70. The van der Waals surface area contributed by atoms with Crippen molar-refractivity contribution >= 4 is 44.1 Å². The predicted octanol–water partition coefficient (Wildman–Crippen LogP) is 3.35. The number of oxazole rings is 1. The largest absolute Gasteiger partial charge is 0.420 e. The van der Waals surface area contributed by atoms with E-state index in [0.29, 0.717) is 15.6 Å². The molecule has 0 aliphatic heterocycles. The number of hydrogen-bond acceptors (Lipinski definition) is 4. The molecule has 1 heterocycles. The van der Waals surface area contributed by atoms with Crippen molar-refractivity contribution in [2.45, 2.75) is 11.4 Å². The lowest BCUT2D eigenvalue weighted by molar-refractivity contribution is 0.517. The SMILES string of the molecule is CS(=O)(=O)c1ccc2c(c1)oc(=O)n2Cc1ccc(Cl)c(Cl)c1. The third-order valence-corrected chi connectivity index (χ3v) is 5.24. The smallest absolute Gasteiger partial charge is 0.408 e. The Balaban J connectivity index is 2.09. The van der Waals surface area contributed by atoms with Crippen molar-refractivity contribution in [3.63, 3.8) is 0 Å². The van der Waals surface area contributed by atoms with Crippen LogP contribution in [0.1, 0.15) is 5.56 Å². The highest BCUT2D eigenvalue weighted by Gasteiger charge is 2.14. The minimum atomic E-state index is -3.37. The van der Waals surface area contributed by atoms with Crippen LogP contribution in [0.15, 0.2) is 50.5 Å². The minimum absolute atomic E-state index is 0.0976. The first kappa shape index (κ1) is 16.1. The second-order valence-electron chi connectivity index (χ2n) is 5.10. The van der Waals surface area contributed by atoms with Gasteiger partial charge in [-0.2, -0.15) is 0 Å². The van der Waals surface area contributed by atoms with Crippen molar-refractivity contribution in [2.75, 3.05) is 6.26 Å². The third kappa shape index (κ3) is 3.15. The number of hydrogen-bond donors (Lipinski definition) is 0. The van der Waals surface area contributed by atoms with Crippen LogP contribution < -0.4 is 5.76 Å². The molecule has 0 saturated heterocycles. The summed E-state index contributed by atoms with van der Waals surface area (Å²) in [7, 11) is -3.37. The van der Waals surface area contributed by atoms with Gasteiger partial charge < -0.3 is 4.42 Å². The Morgan fingerprint density at radius 1 is 1.09 bits per heavy atom. The van der Waals surface area contributed by atoms with E-state index in [2.05, 4.69) is 0 Å². The van der Waals surface area contributed by atoms with Gasteiger partial charge in [0.05, 0.1) is 27.0 Å². The highest BCUT2D eigenvalue weighted by atomic mass is 35.5. The summed E-state index contributed by atoms with van der Waals surface area (Å²) in [6.45, 7) is 0.237. The van der Waals surface area contributed by atoms with Gasteiger partial charge in [-0.3, -0.25) is 4.57 Å². The Bertz CT molecular complexity index is 1070. The molecule has 8 heteroatoms. The van der Waals surface area contributed by atoms with E-state index in [4.69, 9.17) is 27.6 Å². The topological polar surface area (TPSA) is 69.3 Å². The summed E-state index contributed by atoms with van der Waals surface area (Å²) in [4.78, 5) is 12.1. The van der Waals surface area contributed by atoms with Gasteiger partial charge in [0.15, 0.2) is 15.4 Å². The average molecular weight is 372 g/mol. The number of halogens is 2. The molecule has 3 aromatic rings. The van der Waals surface area contributed by atoms with Crippen LogP contribution >= 0.6 is 23.2 Å². The average Bonchev–Trinajstić information content (AvgIpc) is 2.77. The summed E-state index contributed by atoms with van der Waals surface area (Å²) in [5.74, 6) is -0.572. The number of nitrogens with zero attached hydrogens (tertiary/aromatic N) is 1. The van der Waals surface area contributed by atoms with Crippen molar-refractivity contribution in [1.29, 1.82) is 0 Å². The zero-order chi connectivity index (χ0) is 16.8. The van der Waals surface area contributed by atoms with E-state index in [0.717, 1.165) is 11.8 Å². The van der Waals surface area contributed by atoms with Crippen molar-refractivity contribution in [2.24, 2.45) is 0 Å². The lowest BCUT2D eigenvalue weighted by atomic mass is 10.2. The lowest BCUT2D eigenvalue weighted by Gasteiger charge is -2.05. The number of sulfone groups is 1. The van der Waals surface area contributed by atoms with E-state index in [1.807, 2.05) is 0 Å². The van der Waals surface area contributed by atoms with Gasteiger partial charge in [-0.25, -0.2) is 13.2 Å². The Hall–Kier alpha value is -1.76. The molecule has 0 spiro atoms. The van der Waals surface area contributed by atoms with Crippen LogP contribution in [-0.2, 0) is 16.4 Å². The molecule has 5 nitrogen and oxygen atoms in total. The van der Waals surface area contributed by atoms with E-state index in [1.54, 1.807) is 24.3 Å². The summed E-state index contributed by atoms with van der Waals surface area (Å²) >= 11 is 11.8. The molecule has 0 N–H and O–H groups in total. The summed E-state index contributed by atoms with van der Waals surface area (Å²) in [6, 6.07) is 9.40. The van der Waals surface area contributed by atoms with E-state index in [-0.39, 0.29) is 17.0 Å². The maximum absolute atomic E-state index is 12.0. The van der Waals surface area contributed by atoms with Crippen LogP contribution in [-0.4, -0.2) is 19.2 Å². The molecule has 1 aromatic heterocycles. The summed E-state index contributed by atoms with van der Waals surface area (Å²) in [6.07, 6.45) is 1.10. The van der Waals surface area contributed by atoms with Crippen molar-refractivity contribution in [3.8, 4) is 0 Å². The zero-order valence-electron chi connectivity index (χ0n) is 11.9. The third-order valence-electron chi connectivity index (χ3n) is 3.39. The van der Waals surface area contributed by atoms with Gasteiger partial charge in [0.2, 0.25) is 0 Å². The summed E-state index contributed by atoms with van der Waals surface area (Å²) in [5.41, 5.74) is 1.50. The molecule has 23 heavy (non-hydrogen) atoms. The molecule has 0 unspecified atom stereocenters. The fraction of sp³-hybridized carbons (Fsp3) is 0.133. The van der Waals surface area contributed by atoms with Gasteiger partial charge in [-0.05, 0) is 29.8 Å². The number of rotatable bonds is 3. The Morgan fingerprint density at radius 2 is 1.83 bits per heavy atom. The van der Waals surface area contributed by atoms with Crippen LogP contribution in [0.4, 0.5) is 0 Å². The molecule has 0 aliphatic rings. The van der Waals surface area contributed by atoms with E-state index >= 15 is 0 Å². The Morgan fingerprint density at radius 3 is 2.48 bits per heavy atom. The summed E-state index contributed by atoms with van der Waals surface area (Å²) in [5, 5.41) is 0.821. The molecule has 120 valence electrons. The number of aromatic nitrogens is 1. The van der Waals surface area contributed by atoms with E-state index in [9.17, 15) is 13.2 Å². The van der Waals surface area contributed by atoms with Crippen molar-refractivity contribution < 1.29 is 12.8 Å². The molecule has 3 rings (SSSR count). The van der Waals surface area contributed by atoms with Crippen molar-refractivity contribution in [3.05, 3.63) is 62.6 Å². The normalized spacial score (nSPS) is 12.0. The van der Waals surface area contributed by atoms with Gasteiger partial charge in [0.1, 0.15) is 0 Å². The Labute approximate surface area is 142 Å². The maximum Gasteiger partial charge on any atom is 0.420 e. The van der Waals surface area contributed by atoms with Gasteiger partial charge in [0.25, 0.3) is 0 Å². The molecular weight excluding hydrogens is 361 g/mol. The Kier molecular flexibility index (Phi) is 4.00. The molecule has 0 radical (unpaired) electrons. The molecule has 2 aromatic carbocycles. The van der Waals surface area contributed by atoms with Crippen LogP contribution in [0.5, 0.6) is 0 Å². The highest BCUT2D eigenvalue weighted by molar-refractivity contribution is 7.90. The highest BCUT2D eigenvalue weighted by Crippen LogP contribution is 2.24. The molecule has 0 bridgehead atoms. The molecule has 0 saturated carbocycles. The van der Waals surface area contributed by atoms with Crippen LogP contribution in [0, 0.1) is 0 Å². The van der Waals surface area contributed by atoms with Crippen LogP contribution in [0.2, 0.25) is 10.0 Å². The molecule has 0 fully saturated rings. The quantitative estimate of drug-likeness (QED) is 0.707. The second-order valence-corrected chi connectivity index (χ2v) is 7.93. The maximum atomic E-state index is 12.0. The fourth-order valence-corrected chi connectivity index (χ4v) is 3.20. The fourth-order valence-electron chi connectivity index (χ4n) is 2.25. The first-order valence-electron chi connectivity index (χ1n) is 6.53. The van der Waals surface area contributed by atoms with Crippen LogP contribution in [0.3, 0.4) is 0 Å².